The number of fused-ring (bicyclic) bond motifs is 1. The van der Waals surface area contributed by atoms with Crippen molar-refractivity contribution in [3.05, 3.63) is 59.9 Å². The molecule has 1 aliphatic carbocycles. The number of amides is 1. The minimum Gasteiger partial charge on any atom is -0.339 e. The van der Waals surface area contributed by atoms with Crippen LogP contribution in [0.3, 0.4) is 0 Å². The number of aryl methyl sites for hydroxylation is 1. The highest BCUT2D eigenvalue weighted by Gasteiger charge is 2.48. The van der Waals surface area contributed by atoms with Gasteiger partial charge in [-0.15, -0.1) is 10.2 Å². The average Bonchev–Trinajstić information content (AvgIpc) is 3.58. The highest BCUT2D eigenvalue weighted by Crippen LogP contribution is 2.48. The van der Waals surface area contributed by atoms with E-state index in [0.717, 1.165) is 5.56 Å². The number of benzene rings is 1. The molecule has 5 aromatic rings. The summed E-state index contributed by atoms with van der Waals surface area (Å²) in [5, 5.41) is 20.7. The number of hydrogen-bond acceptors (Lipinski definition) is 8. The molecule has 0 bridgehead atoms. The Balaban J connectivity index is 1.26. The standard InChI is InChI=1S/C22H17F2N9O2/c1-11-2-3-12(18-27-21(35-30-18)14-7-22(23,24)8-14)6-15(11)26-20(34)16-9-25-17-5-4-13(10-33(16)17)19-28-31-32-29-19/h2-6,9-10,14H,7-8H2,1H3,(H,26,34)(H,28,29,31,32). The van der Waals surface area contributed by atoms with E-state index in [1.807, 2.05) is 6.92 Å². The van der Waals surface area contributed by atoms with E-state index in [-0.39, 0.29) is 30.5 Å². The Hall–Kier alpha value is -4.55. The van der Waals surface area contributed by atoms with Gasteiger partial charge in [0.25, 0.3) is 5.91 Å². The van der Waals surface area contributed by atoms with Gasteiger partial charge in [-0.1, -0.05) is 17.3 Å². The number of carbonyl (C=O) groups excluding carboxylic acids is 1. The van der Waals surface area contributed by atoms with Crippen molar-refractivity contribution in [3.63, 3.8) is 0 Å². The Morgan fingerprint density at radius 3 is 2.80 bits per heavy atom. The van der Waals surface area contributed by atoms with E-state index >= 15 is 0 Å². The van der Waals surface area contributed by atoms with Gasteiger partial charge in [0, 0.05) is 41.8 Å². The SMILES string of the molecule is Cc1ccc(-c2noc(C3CC(F)(F)C3)n2)cc1NC(=O)c1cnc2ccc(-c3nn[nH]n3)cn12. The molecule has 13 heteroatoms. The van der Waals surface area contributed by atoms with Crippen molar-refractivity contribution in [1.82, 2.24) is 40.1 Å². The van der Waals surface area contributed by atoms with Crippen LogP contribution >= 0.6 is 0 Å². The first-order valence-electron chi connectivity index (χ1n) is 10.7. The molecule has 0 unspecified atom stereocenters. The lowest BCUT2D eigenvalue weighted by Gasteiger charge is -2.31. The van der Waals surface area contributed by atoms with Gasteiger partial charge in [0.1, 0.15) is 11.3 Å². The number of rotatable bonds is 5. The summed E-state index contributed by atoms with van der Waals surface area (Å²) in [5.41, 5.74) is 3.49. The lowest BCUT2D eigenvalue weighted by atomic mass is 9.81. The van der Waals surface area contributed by atoms with E-state index in [2.05, 4.69) is 41.1 Å². The van der Waals surface area contributed by atoms with Crippen LogP contribution in [-0.2, 0) is 0 Å². The van der Waals surface area contributed by atoms with E-state index in [0.29, 0.717) is 34.0 Å². The van der Waals surface area contributed by atoms with Crippen LogP contribution in [0.2, 0.25) is 0 Å². The van der Waals surface area contributed by atoms with Crippen LogP contribution < -0.4 is 5.32 Å². The molecule has 0 spiro atoms. The fraction of sp³-hybridized carbons (Fsp3) is 0.227. The number of halogens is 2. The summed E-state index contributed by atoms with van der Waals surface area (Å²) >= 11 is 0. The molecular weight excluding hydrogens is 460 g/mol. The molecule has 6 rings (SSSR count). The van der Waals surface area contributed by atoms with Gasteiger partial charge in [0.15, 0.2) is 0 Å². The maximum absolute atomic E-state index is 13.2. The van der Waals surface area contributed by atoms with Crippen LogP contribution in [0.15, 0.2) is 47.2 Å². The van der Waals surface area contributed by atoms with Crippen LogP contribution in [0.1, 0.15) is 40.7 Å². The minimum absolute atomic E-state index is 0.195. The van der Waals surface area contributed by atoms with Gasteiger partial charge >= 0.3 is 0 Å². The average molecular weight is 477 g/mol. The van der Waals surface area contributed by atoms with Gasteiger partial charge in [-0.2, -0.15) is 10.2 Å². The second-order valence-corrected chi connectivity index (χ2v) is 8.43. The summed E-state index contributed by atoms with van der Waals surface area (Å²) in [6, 6.07) is 8.83. The van der Waals surface area contributed by atoms with Crippen molar-refractivity contribution in [2.75, 3.05) is 5.32 Å². The monoisotopic (exact) mass is 477 g/mol. The zero-order valence-electron chi connectivity index (χ0n) is 18.2. The first-order valence-corrected chi connectivity index (χ1v) is 10.7. The predicted molar refractivity (Wildman–Crippen MR) is 118 cm³/mol. The van der Waals surface area contributed by atoms with Crippen LogP contribution in [-0.4, -0.2) is 52.0 Å². The maximum atomic E-state index is 13.2. The molecule has 0 atom stereocenters. The quantitative estimate of drug-likeness (QED) is 0.391. The smallest absolute Gasteiger partial charge is 0.274 e. The van der Waals surface area contributed by atoms with Gasteiger partial charge < -0.3 is 9.84 Å². The fourth-order valence-corrected chi connectivity index (χ4v) is 4.00. The number of carbonyl (C=O) groups is 1. The van der Waals surface area contributed by atoms with Crippen molar-refractivity contribution in [3.8, 4) is 22.8 Å². The third-order valence-corrected chi connectivity index (χ3v) is 5.97. The summed E-state index contributed by atoms with van der Waals surface area (Å²) < 4.78 is 33.2. The number of nitrogens with one attached hydrogen (secondary N) is 2. The molecule has 0 aliphatic heterocycles. The maximum Gasteiger partial charge on any atom is 0.274 e. The third kappa shape index (κ3) is 3.80. The van der Waals surface area contributed by atoms with Gasteiger partial charge in [0.05, 0.1) is 6.20 Å². The van der Waals surface area contributed by atoms with Crippen molar-refractivity contribution in [2.45, 2.75) is 31.6 Å². The number of aromatic nitrogens is 8. The molecule has 4 aromatic heterocycles. The van der Waals surface area contributed by atoms with E-state index in [4.69, 9.17) is 4.52 Å². The zero-order chi connectivity index (χ0) is 24.2. The number of H-pyrrole nitrogens is 1. The second-order valence-electron chi connectivity index (χ2n) is 8.43. The first kappa shape index (κ1) is 21.0. The van der Waals surface area contributed by atoms with Crippen molar-refractivity contribution in [1.29, 1.82) is 0 Å². The Bertz CT molecular complexity index is 1550. The summed E-state index contributed by atoms with van der Waals surface area (Å²) in [5.74, 6) is -2.65. The Labute approximate surface area is 195 Å². The molecule has 0 saturated heterocycles. The lowest BCUT2D eigenvalue weighted by molar-refractivity contribution is -0.0925. The van der Waals surface area contributed by atoms with Crippen molar-refractivity contribution in [2.24, 2.45) is 0 Å². The van der Waals surface area contributed by atoms with Crippen LogP contribution in [0.25, 0.3) is 28.4 Å². The number of pyridine rings is 1. The molecule has 176 valence electrons. The highest BCUT2D eigenvalue weighted by molar-refractivity contribution is 6.04. The van der Waals surface area contributed by atoms with Crippen molar-refractivity contribution < 1.29 is 18.1 Å². The summed E-state index contributed by atoms with van der Waals surface area (Å²) in [4.78, 5) is 21.7. The molecule has 35 heavy (non-hydrogen) atoms. The third-order valence-electron chi connectivity index (χ3n) is 5.97. The van der Waals surface area contributed by atoms with Gasteiger partial charge in [-0.25, -0.2) is 13.8 Å². The topological polar surface area (TPSA) is 140 Å². The number of alkyl halides is 2. The summed E-state index contributed by atoms with van der Waals surface area (Å²) in [7, 11) is 0. The largest absolute Gasteiger partial charge is 0.339 e. The van der Waals surface area contributed by atoms with Crippen LogP contribution in [0.4, 0.5) is 14.5 Å². The molecule has 11 nitrogen and oxygen atoms in total. The molecule has 4 heterocycles. The van der Waals surface area contributed by atoms with Crippen LogP contribution in [0.5, 0.6) is 0 Å². The van der Waals surface area contributed by atoms with E-state index in [1.165, 1.54) is 6.20 Å². The summed E-state index contributed by atoms with van der Waals surface area (Å²) in [6.45, 7) is 1.85. The van der Waals surface area contributed by atoms with Crippen LogP contribution in [0, 0.1) is 6.92 Å². The molecule has 1 aromatic carbocycles. The molecular formula is C22H17F2N9O2. The predicted octanol–water partition coefficient (Wildman–Crippen LogP) is 3.64. The summed E-state index contributed by atoms with van der Waals surface area (Å²) in [6.07, 6.45) is 2.59. The number of tetrazole rings is 1. The Kier molecular flexibility index (Phi) is 4.65. The number of anilines is 1. The normalized spacial score (nSPS) is 15.3. The molecule has 2 N–H and O–H groups in total. The van der Waals surface area contributed by atoms with E-state index in [1.54, 1.807) is 40.9 Å². The molecule has 1 fully saturated rings. The number of imidazole rings is 1. The Morgan fingerprint density at radius 2 is 2.03 bits per heavy atom. The first-order chi connectivity index (χ1) is 16.9. The van der Waals surface area contributed by atoms with Gasteiger partial charge in [-0.05, 0) is 35.9 Å². The molecule has 1 saturated carbocycles. The second kappa shape index (κ2) is 7.75. The zero-order valence-corrected chi connectivity index (χ0v) is 18.2. The number of nitrogens with zero attached hydrogens (tertiary/aromatic N) is 7. The highest BCUT2D eigenvalue weighted by atomic mass is 19.3. The van der Waals surface area contributed by atoms with E-state index in [9.17, 15) is 13.6 Å². The lowest BCUT2D eigenvalue weighted by Crippen LogP contribution is -2.33. The van der Waals surface area contributed by atoms with Crippen molar-refractivity contribution >= 4 is 17.2 Å². The minimum atomic E-state index is -2.68. The molecule has 0 radical (unpaired) electrons. The van der Waals surface area contributed by atoms with Gasteiger partial charge in [0.2, 0.25) is 23.5 Å². The molecule has 1 aliphatic rings. The number of hydrogen-bond donors (Lipinski definition) is 2. The van der Waals surface area contributed by atoms with Gasteiger partial charge in [-0.3, -0.25) is 9.20 Å². The fourth-order valence-electron chi connectivity index (χ4n) is 4.00. The van der Waals surface area contributed by atoms with E-state index < -0.39 is 11.8 Å². The molecule has 1 amide bonds. The number of aromatic amines is 1. The Morgan fingerprint density at radius 1 is 1.20 bits per heavy atom.